The van der Waals surface area contributed by atoms with E-state index in [1.807, 2.05) is 6.07 Å². The van der Waals surface area contributed by atoms with Crippen LogP contribution in [-0.4, -0.2) is 15.7 Å². The van der Waals surface area contributed by atoms with Gasteiger partial charge in [-0.2, -0.15) is 0 Å². The molecule has 0 fully saturated rings. The first-order chi connectivity index (χ1) is 9.51. The van der Waals surface area contributed by atoms with Gasteiger partial charge < -0.3 is 5.32 Å². The van der Waals surface area contributed by atoms with E-state index < -0.39 is 0 Å². The average Bonchev–Trinajstić information content (AvgIpc) is 2.78. The molecule has 1 N–H and O–H groups in total. The van der Waals surface area contributed by atoms with Gasteiger partial charge in [0.1, 0.15) is 0 Å². The fraction of sp³-hybridized carbons (Fsp3) is 0.385. The van der Waals surface area contributed by atoms with Crippen molar-refractivity contribution in [2.75, 3.05) is 5.32 Å². The summed E-state index contributed by atoms with van der Waals surface area (Å²) >= 11 is 14.3. The quantitative estimate of drug-likeness (QED) is 0.615. The maximum atomic E-state index is 12.0. The molecule has 0 saturated heterocycles. The summed E-state index contributed by atoms with van der Waals surface area (Å²) in [5.41, 5.74) is 0.814. The Bertz CT molecular complexity index is 632. The van der Waals surface area contributed by atoms with Gasteiger partial charge in [0.25, 0.3) is 0 Å². The number of fused-ring (bicyclic) bond motifs is 1. The third-order valence-corrected chi connectivity index (χ3v) is 5.35. The number of benzene rings is 1. The van der Waals surface area contributed by atoms with Crippen molar-refractivity contribution >= 4 is 76.1 Å². The summed E-state index contributed by atoms with van der Waals surface area (Å²) in [6, 6.07) is 3.64. The second-order valence-corrected chi connectivity index (χ2v) is 7.78. The predicted octanol–water partition coefficient (Wildman–Crippen LogP) is 5.60. The summed E-state index contributed by atoms with van der Waals surface area (Å²) in [6.07, 6.45) is 2.91. The number of alkyl halides is 1. The Balaban J connectivity index is 2.14. The van der Waals surface area contributed by atoms with Crippen LogP contribution in [0.15, 0.2) is 16.6 Å². The molecule has 0 aliphatic rings. The maximum Gasteiger partial charge on any atom is 0.239 e. The molecule has 1 aromatic carbocycles. The molecule has 20 heavy (non-hydrogen) atoms. The van der Waals surface area contributed by atoms with Crippen molar-refractivity contribution in [1.29, 1.82) is 0 Å². The number of rotatable bonds is 5. The lowest BCUT2D eigenvalue weighted by molar-refractivity contribution is -0.115. The first-order valence-corrected chi connectivity index (χ1v) is 9.12. The van der Waals surface area contributed by atoms with Crippen LogP contribution >= 0.6 is 54.8 Å². The number of aromatic nitrogens is 1. The molecule has 0 aliphatic heterocycles. The molecule has 7 heteroatoms. The zero-order valence-corrected chi connectivity index (χ0v) is 15.5. The topological polar surface area (TPSA) is 42.0 Å². The smallest absolute Gasteiger partial charge is 0.239 e. The number of thiazole rings is 1. The lowest BCUT2D eigenvalue weighted by atomic mass is 10.2. The van der Waals surface area contributed by atoms with Gasteiger partial charge in [-0.3, -0.25) is 4.79 Å². The van der Waals surface area contributed by atoms with Crippen LogP contribution in [0.25, 0.3) is 10.2 Å². The van der Waals surface area contributed by atoms with Gasteiger partial charge in [0, 0.05) is 9.50 Å². The molecule has 0 aliphatic carbocycles. The number of nitrogens with zero attached hydrogens (tertiary/aromatic N) is 1. The predicted molar refractivity (Wildman–Crippen MR) is 93.2 cm³/mol. The van der Waals surface area contributed by atoms with Crippen molar-refractivity contribution in [2.24, 2.45) is 0 Å². The molecule has 3 nitrogen and oxygen atoms in total. The van der Waals surface area contributed by atoms with Crippen molar-refractivity contribution in [3.8, 4) is 0 Å². The minimum Gasteiger partial charge on any atom is -0.301 e. The van der Waals surface area contributed by atoms with Crippen LogP contribution in [0.5, 0.6) is 0 Å². The highest BCUT2D eigenvalue weighted by Gasteiger charge is 2.16. The van der Waals surface area contributed by atoms with Crippen LogP contribution in [0.1, 0.15) is 26.2 Å². The third-order valence-electron chi connectivity index (χ3n) is 2.74. The number of halogens is 3. The molecule has 0 radical (unpaired) electrons. The highest BCUT2D eigenvalue weighted by molar-refractivity contribution is 9.10. The normalized spacial score (nSPS) is 12.6. The fourth-order valence-electron chi connectivity index (χ4n) is 1.71. The molecule has 1 heterocycles. The molecule has 2 aromatic rings. The number of carbonyl (C=O) groups excluding carboxylic acids is 1. The van der Waals surface area contributed by atoms with E-state index in [-0.39, 0.29) is 10.7 Å². The van der Waals surface area contributed by atoms with E-state index in [2.05, 4.69) is 49.1 Å². The largest absolute Gasteiger partial charge is 0.301 e. The molecule has 108 valence electrons. The van der Waals surface area contributed by atoms with E-state index in [1.165, 1.54) is 11.3 Å². The molecule has 0 spiro atoms. The number of amides is 1. The van der Waals surface area contributed by atoms with E-state index in [4.69, 9.17) is 11.6 Å². The molecular weight excluding hydrogens is 427 g/mol. The van der Waals surface area contributed by atoms with Gasteiger partial charge in [-0.15, -0.1) is 0 Å². The molecule has 2 rings (SSSR count). The highest BCUT2D eigenvalue weighted by Crippen LogP contribution is 2.34. The fourth-order valence-corrected chi connectivity index (χ4v) is 4.18. The lowest BCUT2D eigenvalue weighted by Crippen LogP contribution is -2.22. The first kappa shape index (κ1) is 16.2. The molecular formula is C13H13Br2ClN2OS. The molecule has 0 unspecified atom stereocenters. The summed E-state index contributed by atoms with van der Waals surface area (Å²) in [5, 5.41) is 4.08. The number of anilines is 1. The monoisotopic (exact) mass is 438 g/mol. The van der Waals surface area contributed by atoms with Crippen molar-refractivity contribution in [1.82, 2.24) is 4.98 Å². The summed E-state index contributed by atoms with van der Waals surface area (Å²) < 4.78 is 1.78. The number of hydrogen-bond acceptors (Lipinski definition) is 3. The van der Waals surface area contributed by atoms with E-state index in [0.717, 1.165) is 34.0 Å². The van der Waals surface area contributed by atoms with E-state index in [1.54, 1.807) is 6.07 Å². The highest BCUT2D eigenvalue weighted by atomic mass is 79.9. The minimum absolute atomic E-state index is 0.0558. The van der Waals surface area contributed by atoms with Gasteiger partial charge in [-0.1, -0.05) is 58.6 Å². The molecule has 1 aromatic heterocycles. The lowest BCUT2D eigenvalue weighted by Gasteiger charge is -2.07. The van der Waals surface area contributed by atoms with Crippen LogP contribution in [-0.2, 0) is 4.79 Å². The van der Waals surface area contributed by atoms with Crippen molar-refractivity contribution in [3.63, 3.8) is 0 Å². The Kier molecular flexibility index (Phi) is 5.84. The van der Waals surface area contributed by atoms with Gasteiger partial charge in [0.2, 0.25) is 5.91 Å². The van der Waals surface area contributed by atoms with Crippen LogP contribution in [0, 0.1) is 0 Å². The zero-order valence-electron chi connectivity index (χ0n) is 10.8. The van der Waals surface area contributed by atoms with E-state index in [0.29, 0.717) is 10.2 Å². The average molecular weight is 441 g/mol. The Morgan fingerprint density at radius 2 is 2.30 bits per heavy atom. The number of hydrogen-bond donors (Lipinski definition) is 1. The van der Waals surface area contributed by atoms with E-state index >= 15 is 0 Å². The molecule has 0 saturated carbocycles. The molecule has 1 amide bonds. The zero-order chi connectivity index (χ0) is 14.7. The summed E-state index contributed by atoms with van der Waals surface area (Å²) in [7, 11) is 0. The van der Waals surface area contributed by atoms with Gasteiger partial charge in [0.15, 0.2) is 5.13 Å². The Morgan fingerprint density at radius 3 is 3.00 bits per heavy atom. The van der Waals surface area contributed by atoms with Gasteiger partial charge in [-0.25, -0.2) is 4.98 Å². The third kappa shape index (κ3) is 3.93. The Hall–Kier alpha value is -0.170. The van der Waals surface area contributed by atoms with Crippen LogP contribution < -0.4 is 5.32 Å². The number of nitrogens with one attached hydrogen (secondary N) is 1. The number of carbonyl (C=O) groups is 1. The summed E-state index contributed by atoms with van der Waals surface area (Å²) in [6.45, 7) is 2.10. The van der Waals surface area contributed by atoms with E-state index in [9.17, 15) is 4.79 Å². The SMILES string of the molecule is CCCC[C@H](Br)C(=O)Nc1nc2c(Br)cc(Cl)cc2s1. The van der Waals surface area contributed by atoms with Crippen molar-refractivity contribution in [2.45, 2.75) is 31.0 Å². The van der Waals surface area contributed by atoms with Crippen molar-refractivity contribution < 1.29 is 4.79 Å². The standard InChI is InChI=1S/C13H13Br2ClN2OS/c1-2-3-4-8(14)12(19)18-13-17-11-9(15)5-7(16)6-10(11)20-13/h5-6,8H,2-4H2,1H3,(H,17,18,19)/t8-/m0/s1. The van der Waals surface area contributed by atoms with Gasteiger partial charge in [0.05, 0.1) is 15.0 Å². The second-order valence-electron chi connectivity index (χ2n) is 4.35. The second kappa shape index (κ2) is 7.20. The van der Waals surface area contributed by atoms with Gasteiger partial charge in [-0.05, 0) is 34.5 Å². The Morgan fingerprint density at radius 1 is 1.55 bits per heavy atom. The summed E-state index contributed by atoms with van der Waals surface area (Å²) in [4.78, 5) is 16.3. The minimum atomic E-state index is -0.179. The molecule has 0 bridgehead atoms. The van der Waals surface area contributed by atoms with Crippen LogP contribution in [0.4, 0.5) is 5.13 Å². The van der Waals surface area contributed by atoms with Gasteiger partial charge >= 0.3 is 0 Å². The van der Waals surface area contributed by atoms with Crippen LogP contribution in [0.2, 0.25) is 5.02 Å². The molecule has 1 atom stereocenters. The Labute approximate surface area is 143 Å². The first-order valence-electron chi connectivity index (χ1n) is 6.21. The maximum absolute atomic E-state index is 12.0. The number of unbranched alkanes of at least 4 members (excludes halogenated alkanes) is 1. The summed E-state index contributed by atoms with van der Waals surface area (Å²) in [5.74, 6) is -0.0558. The van der Waals surface area contributed by atoms with Crippen LogP contribution in [0.3, 0.4) is 0 Å². The van der Waals surface area contributed by atoms with Crippen molar-refractivity contribution in [3.05, 3.63) is 21.6 Å².